The topological polar surface area (TPSA) is 130 Å². The number of rotatable bonds is 8. The van der Waals surface area contributed by atoms with E-state index in [4.69, 9.17) is 9.47 Å². The third kappa shape index (κ3) is 5.70. The van der Waals surface area contributed by atoms with Crippen LogP contribution in [0, 0.1) is 18.3 Å². The quantitative estimate of drug-likeness (QED) is 0.498. The van der Waals surface area contributed by atoms with Crippen LogP contribution in [0.4, 0.5) is 5.69 Å². The van der Waals surface area contributed by atoms with Crippen LogP contribution in [0.2, 0.25) is 0 Å². The molecule has 0 bridgehead atoms. The number of ether oxygens (including phenoxy) is 2. The number of carbonyl (C=O) groups excluding carboxylic acids is 1. The maximum absolute atomic E-state index is 12.9. The Morgan fingerprint density at radius 2 is 1.91 bits per heavy atom. The molecule has 0 saturated carbocycles. The fourth-order valence-electron chi connectivity index (χ4n) is 3.10. The first-order chi connectivity index (χ1) is 16.1. The van der Waals surface area contributed by atoms with Crippen molar-refractivity contribution in [2.24, 2.45) is 0 Å². The zero-order valence-electron chi connectivity index (χ0n) is 19.1. The molecule has 9 nitrogen and oxygen atoms in total. The number of sulfonamides is 1. The molecule has 3 aromatic rings. The molecule has 0 spiro atoms. The van der Waals surface area contributed by atoms with Gasteiger partial charge in [0.2, 0.25) is 15.9 Å². The van der Waals surface area contributed by atoms with Crippen molar-refractivity contribution in [1.29, 1.82) is 5.26 Å². The Morgan fingerprint density at radius 3 is 2.56 bits per heavy atom. The largest absolute Gasteiger partial charge is 0.495 e. The highest BCUT2D eigenvalue weighted by Gasteiger charge is 2.22. The van der Waals surface area contributed by atoms with Crippen molar-refractivity contribution < 1.29 is 22.7 Å². The maximum Gasteiger partial charge on any atom is 0.255 e. The first kappa shape index (κ1) is 24.7. The fraction of sp³-hybridized carbons (Fsp3) is 0.208. The number of amides is 1. The summed E-state index contributed by atoms with van der Waals surface area (Å²) in [6, 6.07) is 14.1. The molecular formula is C24H24N4O5S. The normalized spacial score (nSPS) is 11.1. The van der Waals surface area contributed by atoms with Crippen molar-refractivity contribution in [1.82, 2.24) is 9.71 Å². The number of pyridine rings is 1. The molecule has 34 heavy (non-hydrogen) atoms. The van der Waals surface area contributed by atoms with Gasteiger partial charge in [-0.1, -0.05) is 0 Å². The number of hydrogen-bond donors (Lipinski definition) is 2. The number of hydrogen-bond acceptors (Lipinski definition) is 7. The van der Waals surface area contributed by atoms with Crippen LogP contribution in [0.15, 0.2) is 59.6 Å². The van der Waals surface area contributed by atoms with Gasteiger partial charge in [0.25, 0.3) is 5.91 Å². The van der Waals surface area contributed by atoms with Crippen molar-refractivity contribution in [2.45, 2.75) is 31.7 Å². The number of anilines is 1. The molecule has 1 heterocycles. The summed E-state index contributed by atoms with van der Waals surface area (Å²) in [5.74, 6) is 0.275. The first-order valence-electron chi connectivity index (χ1n) is 10.3. The summed E-state index contributed by atoms with van der Waals surface area (Å²) in [4.78, 5) is 16.8. The second kappa shape index (κ2) is 10.3. The van der Waals surface area contributed by atoms with Crippen LogP contribution in [-0.4, -0.2) is 32.5 Å². The highest BCUT2D eigenvalue weighted by Crippen LogP contribution is 2.28. The van der Waals surface area contributed by atoms with Crippen LogP contribution in [0.3, 0.4) is 0 Å². The second-order valence-electron chi connectivity index (χ2n) is 7.64. The van der Waals surface area contributed by atoms with E-state index in [9.17, 15) is 18.5 Å². The lowest BCUT2D eigenvalue weighted by molar-refractivity contribution is 0.102. The van der Waals surface area contributed by atoms with Crippen molar-refractivity contribution in [3.05, 3.63) is 71.4 Å². The minimum absolute atomic E-state index is 0.125. The number of benzene rings is 2. The zero-order chi connectivity index (χ0) is 24.9. The van der Waals surface area contributed by atoms with Crippen LogP contribution in [0.5, 0.6) is 17.4 Å². The molecule has 176 valence electrons. The Bertz CT molecular complexity index is 1360. The standard InChI is InChI=1S/C24H24N4O5S/c1-15(2)28-34(30,31)22-13-17(7-10-21(22)32-4)23(29)27-20-9-8-19(12-16(20)3)33-24-18(14-25)6-5-11-26-24/h5-13,15,28H,1-4H3,(H,27,29). The lowest BCUT2D eigenvalue weighted by Gasteiger charge is -2.15. The van der Waals surface area contributed by atoms with E-state index in [0.717, 1.165) is 0 Å². The van der Waals surface area contributed by atoms with Crippen molar-refractivity contribution in [3.63, 3.8) is 0 Å². The van der Waals surface area contributed by atoms with Crippen LogP contribution >= 0.6 is 0 Å². The number of nitrogens with one attached hydrogen (secondary N) is 2. The number of carbonyl (C=O) groups is 1. The van der Waals surface area contributed by atoms with Gasteiger partial charge in [-0.05, 0) is 74.9 Å². The van der Waals surface area contributed by atoms with Crippen LogP contribution in [0.1, 0.15) is 35.3 Å². The molecule has 0 unspecified atom stereocenters. The molecule has 0 aliphatic rings. The lowest BCUT2D eigenvalue weighted by atomic mass is 10.1. The van der Waals surface area contributed by atoms with Crippen LogP contribution in [0.25, 0.3) is 0 Å². The van der Waals surface area contributed by atoms with E-state index in [0.29, 0.717) is 22.6 Å². The van der Waals surface area contributed by atoms with E-state index in [1.54, 1.807) is 51.1 Å². The van der Waals surface area contributed by atoms with Gasteiger partial charge < -0.3 is 14.8 Å². The van der Waals surface area contributed by atoms with Gasteiger partial charge in [0.1, 0.15) is 28.0 Å². The predicted octanol–water partition coefficient (Wildman–Crippen LogP) is 4.00. The number of nitriles is 1. The molecule has 1 aromatic heterocycles. The third-order valence-electron chi connectivity index (χ3n) is 4.66. The van der Waals surface area contributed by atoms with E-state index in [1.807, 2.05) is 6.07 Å². The maximum atomic E-state index is 12.9. The number of methoxy groups -OCH3 is 1. The van der Waals surface area contributed by atoms with Gasteiger partial charge in [-0.2, -0.15) is 5.26 Å². The molecule has 3 rings (SSSR count). The van der Waals surface area contributed by atoms with E-state index in [-0.39, 0.29) is 28.1 Å². The Labute approximate surface area is 198 Å². The summed E-state index contributed by atoms with van der Waals surface area (Å²) in [6.45, 7) is 5.18. The Morgan fingerprint density at radius 1 is 1.15 bits per heavy atom. The average Bonchev–Trinajstić information content (AvgIpc) is 2.80. The van der Waals surface area contributed by atoms with Crippen molar-refractivity contribution >= 4 is 21.6 Å². The van der Waals surface area contributed by atoms with Crippen molar-refractivity contribution in [2.75, 3.05) is 12.4 Å². The van der Waals surface area contributed by atoms with Gasteiger partial charge in [-0.15, -0.1) is 0 Å². The van der Waals surface area contributed by atoms with Crippen LogP contribution in [-0.2, 0) is 10.0 Å². The Kier molecular flexibility index (Phi) is 7.50. The highest BCUT2D eigenvalue weighted by atomic mass is 32.2. The Balaban J connectivity index is 1.83. The third-order valence-corrected chi connectivity index (χ3v) is 6.34. The fourth-order valence-corrected chi connectivity index (χ4v) is 4.55. The average molecular weight is 481 g/mol. The van der Waals surface area contributed by atoms with Crippen molar-refractivity contribution in [3.8, 4) is 23.4 Å². The van der Waals surface area contributed by atoms with E-state index in [1.165, 1.54) is 31.5 Å². The minimum atomic E-state index is -3.88. The van der Waals surface area contributed by atoms with Gasteiger partial charge in [0, 0.05) is 23.5 Å². The summed E-state index contributed by atoms with van der Waals surface area (Å²) in [5, 5.41) is 12.0. The summed E-state index contributed by atoms with van der Waals surface area (Å²) in [5.41, 5.74) is 1.66. The summed E-state index contributed by atoms with van der Waals surface area (Å²) in [6.07, 6.45) is 1.53. The monoisotopic (exact) mass is 480 g/mol. The molecule has 0 fully saturated rings. The van der Waals surface area contributed by atoms with Gasteiger partial charge in [0.05, 0.1) is 7.11 Å². The number of aromatic nitrogens is 1. The van der Waals surface area contributed by atoms with Gasteiger partial charge in [-0.3, -0.25) is 4.79 Å². The molecule has 0 aliphatic carbocycles. The molecule has 10 heteroatoms. The molecular weight excluding hydrogens is 456 g/mol. The Hall–Kier alpha value is -3.94. The second-order valence-corrected chi connectivity index (χ2v) is 9.32. The van der Waals surface area contributed by atoms with Gasteiger partial charge in [0.15, 0.2) is 0 Å². The smallest absolute Gasteiger partial charge is 0.255 e. The predicted molar refractivity (Wildman–Crippen MR) is 127 cm³/mol. The molecule has 2 N–H and O–H groups in total. The van der Waals surface area contributed by atoms with Gasteiger partial charge >= 0.3 is 0 Å². The number of aryl methyl sites for hydroxylation is 1. The molecule has 0 aliphatic heterocycles. The lowest BCUT2D eigenvalue weighted by Crippen LogP contribution is -2.30. The van der Waals surface area contributed by atoms with E-state index < -0.39 is 15.9 Å². The molecule has 2 aromatic carbocycles. The van der Waals surface area contributed by atoms with Gasteiger partial charge in [-0.25, -0.2) is 18.1 Å². The SMILES string of the molecule is COc1ccc(C(=O)Nc2ccc(Oc3ncccc3C#N)cc2C)cc1S(=O)(=O)NC(C)C. The van der Waals surface area contributed by atoms with Crippen LogP contribution < -0.4 is 19.5 Å². The first-order valence-corrected chi connectivity index (χ1v) is 11.8. The van der Waals surface area contributed by atoms with E-state index >= 15 is 0 Å². The molecule has 0 radical (unpaired) electrons. The van der Waals surface area contributed by atoms with E-state index in [2.05, 4.69) is 15.0 Å². The molecule has 0 saturated heterocycles. The summed E-state index contributed by atoms with van der Waals surface area (Å²) < 4.78 is 38.7. The molecule has 1 amide bonds. The summed E-state index contributed by atoms with van der Waals surface area (Å²) >= 11 is 0. The highest BCUT2D eigenvalue weighted by molar-refractivity contribution is 7.89. The zero-order valence-corrected chi connectivity index (χ0v) is 19.9. The number of nitrogens with zero attached hydrogens (tertiary/aromatic N) is 2. The molecule has 0 atom stereocenters. The minimum Gasteiger partial charge on any atom is -0.495 e. The summed E-state index contributed by atoms with van der Waals surface area (Å²) in [7, 11) is -2.52.